The Bertz CT molecular complexity index is 317. The van der Waals surface area contributed by atoms with Crippen LogP contribution in [0.2, 0.25) is 0 Å². The van der Waals surface area contributed by atoms with Crippen LogP contribution < -0.4 is 4.90 Å². The maximum Gasteiger partial charge on any atom is 0.209 e. The Morgan fingerprint density at radius 3 is 2.81 bits per heavy atom. The Balaban J connectivity index is 2.41. The zero-order valence-electron chi connectivity index (χ0n) is 10.00. The lowest BCUT2D eigenvalue weighted by Crippen LogP contribution is -2.32. The van der Waals surface area contributed by atoms with Crippen molar-refractivity contribution in [3.05, 3.63) is 18.3 Å². The number of rotatable bonds is 6. The number of hydrogen-bond donors (Lipinski definition) is 0. The van der Waals surface area contributed by atoms with Crippen LogP contribution in [0.25, 0.3) is 0 Å². The van der Waals surface area contributed by atoms with Crippen molar-refractivity contribution in [3.63, 3.8) is 0 Å². The molecule has 16 heavy (non-hydrogen) atoms. The summed E-state index contributed by atoms with van der Waals surface area (Å²) in [6.07, 6.45) is 3.41. The van der Waals surface area contributed by atoms with Crippen LogP contribution in [-0.4, -0.2) is 48.2 Å². The number of carbonyl (C=O) groups is 1. The highest BCUT2D eigenvalue weighted by Gasteiger charge is 2.09. The highest BCUT2D eigenvalue weighted by atomic mass is 16.1. The summed E-state index contributed by atoms with van der Waals surface area (Å²) in [5, 5.41) is 7.84. The molecule has 1 amide bonds. The molecule has 0 saturated heterocycles. The third-order valence-corrected chi connectivity index (χ3v) is 2.69. The van der Waals surface area contributed by atoms with E-state index in [1.165, 1.54) is 0 Å². The van der Waals surface area contributed by atoms with E-state index in [2.05, 4.69) is 10.2 Å². The first-order valence-corrected chi connectivity index (χ1v) is 5.31. The molecule has 0 N–H and O–H groups in total. The first-order chi connectivity index (χ1) is 7.65. The number of amides is 1. The fraction of sp³-hybridized carbons (Fsp3) is 0.545. The number of aromatic nitrogens is 2. The summed E-state index contributed by atoms with van der Waals surface area (Å²) in [5.41, 5.74) is 0. The smallest absolute Gasteiger partial charge is 0.209 e. The van der Waals surface area contributed by atoms with Crippen molar-refractivity contribution in [2.24, 2.45) is 0 Å². The lowest BCUT2D eigenvalue weighted by Gasteiger charge is -2.24. The fourth-order valence-electron chi connectivity index (χ4n) is 1.30. The molecule has 5 heteroatoms. The van der Waals surface area contributed by atoms with Crippen LogP contribution in [0.15, 0.2) is 18.3 Å². The Kier molecular flexibility index (Phi) is 4.69. The van der Waals surface area contributed by atoms with E-state index in [0.29, 0.717) is 0 Å². The Morgan fingerprint density at radius 2 is 2.25 bits per heavy atom. The van der Waals surface area contributed by atoms with E-state index in [4.69, 9.17) is 0 Å². The summed E-state index contributed by atoms with van der Waals surface area (Å²) in [5.74, 6) is 0.850. The number of nitrogens with zero attached hydrogens (tertiary/aromatic N) is 4. The van der Waals surface area contributed by atoms with E-state index >= 15 is 0 Å². The average molecular weight is 222 g/mol. The normalized spacial score (nSPS) is 11.9. The van der Waals surface area contributed by atoms with Gasteiger partial charge in [0.05, 0.1) is 0 Å². The van der Waals surface area contributed by atoms with Crippen molar-refractivity contribution in [3.8, 4) is 0 Å². The third-order valence-electron chi connectivity index (χ3n) is 2.69. The quantitative estimate of drug-likeness (QED) is 0.667. The molecular formula is C11H18N4O. The van der Waals surface area contributed by atoms with Crippen LogP contribution >= 0.6 is 0 Å². The maximum atomic E-state index is 10.6. The predicted molar refractivity (Wildman–Crippen MR) is 63.2 cm³/mol. The molecule has 0 aliphatic rings. The first-order valence-electron chi connectivity index (χ1n) is 5.31. The first kappa shape index (κ1) is 12.4. The molecule has 1 atom stereocenters. The summed E-state index contributed by atoms with van der Waals surface area (Å²) >= 11 is 0. The number of hydrogen-bond acceptors (Lipinski definition) is 4. The minimum Gasteiger partial charge on any atom is -0.358 e. The molecular weight excluding hydrogens is 204 g/mol. The number of anilines is 1. The van der Waals surface area contributed by atoms with E-state index in [0.717, 1.165) is 25.2 Å². The van der Waals surface area contributed by atoms with Gasteiger partial charge < -0.3 is 9.80 Å². The molecule has 0 aromatic carbocycles. The second-order valence-electron chi connectivity index (χ2n) is 3.91. The predicted octanol–water partition coefficient (Wildman–Crippen LogP) is 0.780. The van der Waals surface area contributed by atoms with Crippen molar-refractivity contribution in [2.45, 2.75) is 19.4 Å². The monoisotopic (exact) mass is 222 g/mol. The van der Waals surface area contributed by atoms with E-state index in [1.807, 2.05) is 31.0 Å². The standard InChI is InChI=1S/C11H18N4O/c1-10(15(3)9-16)6-8-14(2)11-5-4-7-12-13-11/h4-5,7,9-10H,6,8H2,1-3H3. The molecule has 5 nitrogen and oxygen atoms in total. The van der Waals surface area contributed by atoms with Gasteiger partial charge in [-0.3, -0.25) is 4.79 Å². The summed E-state index contributed by atoms with van der Waals surface area (Å²) in [7, 11) is 3.76. The topological polar surface area (TPSA) is 49.3 Å². The van der Waals surface area contributed by atoms with Gasteiger partial charge in [-0.05, 0) is 25.5 Å². The van der Waals surface area contributed by atoms with Crippen LogP contribution in [0.5, 0.6) is 0 Å². The highest BCUT2D eigenvalue weighted by molar-refractivity contribution is 5.46. The molecule has 0 spiro atoms. The second-order valence-corrected chi connectivity index (χ2v) is 3.91. The van der Waals surface area contributed by atoms with E-state index in [-0.39, 0.29) is 6.04 Å². The van der Waals surface area contributed by atoms with Crippen LogP contribution in [0.3, 0.4) is 0 Å². The Morgan fingerprint density at radius 1 is 1.50 bits per heavy atom. The molecule has 1 rings (SSSR count). The van der Waals surface area contributed by atoms with Gasteiger partial charge in [0.15, 0.2) is 5.82 Å². The maximum absolute atomic E-state index is 10.6. The molecule has 0 bridgehead atoms. The summed E-state index contributed by atoms with van der Waals surface area (Å²) < 4.78 is 0. The van der Waals surface area contributed by atoms with Crippen molar-refractivity contribution in [1.82, 2.24) is 15.1 Å². The minimum atomic E-state index is 0.233. The van der Waals surface area contributed by atoms with Gasteiger partial charge in [-0.1, -0.05) is 0 Å². The summed E-state index contributed by atoms with van der Waals surface area (Å²) in [4.78, 5) is 14.3. The molecule has 0 radical (unpaired) electrons. The van der Waals surface area contributed by atoms with E-state index in [9.17, 15) is 4.79 Å². The zero-order valence-corrected chi connectivity index (χ0v) is 10.00. The van der Waals surface area contributed by atoms with Gasteiger partial charge in [0.2, 0.25) is 6.41 Å². The SMILES string of the molecule is CC(CCN(C)c1cccnn1)N(C)C=O. The van der Waals surface area contributed by atoms with Gasteiger partial charge in [-0.15, -0.1) is 5.10 Å². The Hall–Kier alpha value is -1.65. The van der Waals surface area contributed by atoms with Gasteiger partial charge in [0.25, 0.3) is 0 Å². The third kappa shape index (κ3) is 3.49. The van der Waals surface area contributed by atoms with Crippen molar-refractivity contribution in [2.75, 3.05) is 25.5 Å². The van der Waals surface area contributed by atoms with Crippen LogP contribution in [0, 0.1) is 0 Å². The molecule has 0 saturated carbocycles. The highest BCUT2D eigenvalue weighted by Crippen LogP contribution is 2.07. The van der Waals surface area contributed by atoms with Gasteiger partial charge in [0.1, 0.15) is 0 Å². The fourth-order valence-corrected chi connectivity index (χ4v) is 1.30. The van der Waals surface area contributed by atoms with Gasteiger partial charge >= 0.3 is 0 Å². The van der Waals surface area contributed by atoms with Gasteiger partial charge in [-0.2, -0.15) is 5.10 Å². The molecule has 1 unspecified atom stereocenters. The van der Waals surface area contributed by atoms with Crippen molar-refractivity contribution >= 4 is 12.2 Å². The lowest BCUT2D eigenvalue weighted by molar-refractivity contribution is -0.118. The molecule has 1 heterocycles. The molecule has 1 aromatic rings. The summed E-state index contributed by atoms with van der Waals surface area (Å²) in [6, 6.07) is 4.01. The van der Waals surface area contributed by atoms with Crippen molar-refractivity contribution in [1.29, 1.82) is 0 Å². The number of carbonyl (C=O) groups excluding carboxylic acids is 1. The van der Waals surface area contributed by atoms with E-state index < -0.39 is 0 Å². The largest absolute Gasteiger partial charge is 0.358 e. The molecule has 0 aliphatic heterocycles. The molecule has 1 aromatic heterocycles. The molecule has 0 aliphatic carbocycles. The average Bonchev–Trinajstić information content (AvgIpc) is 2.35. The van der Waals surface area contributed by atoms with Gasteiger partial charge in [0, 0.05) is 32.9 Å². The van der Waals surface area contributed by atoms with Crippen molar-refractivity contribution < 1.29 is 4.79 Å². The lowest BCUT2D eigenvalue weighted by atomic mass is 10.2. The molecule has 88 valence electrons. The molecule has 0 fully saturated rings. The second kappa shape index (κ2) is 6.05. The van der Waals surface area contributed by atoms with E-state index in [1.54, 1.807) is 18.1 Å². The minimum absolute atomic E-state index is 0.233. The van der Waals surface area contributed by atoms with Crippen LogP contribution in [0.1, 0.15) is 13.3 Å². The zero-order chi connectivity index (χ0) is 12.0. The van der Waals surface area contributed by atoms with Crippen LogP contribution in [0.4, 0.5) is 5.82 Å². The van der Waals surface area contributed by atoms with Crippen LogP contribution in [-0.2, 0) is 4.79 Å². The summed E-state index contributed by atoms with van der Waals surface area (Å²) in [6.45, 7) is 2.87. The van der Waals surface area contributed by atoms with Gasteiger partial charge in [-0.25, -0.2) is 0 Å². The Labute approximate surface area is 96.1 Å².